The second-order valence-electron chi connectivity index (χ2n) is 11.0. The average Bonchev–Trinajstić information content (AvgIpc) is 3.49. The van der Waals surface area contributed by atoms with E-state index in [1.54, 1.807) is 0 Å². The Bertz CT molecular complexity index is 2320. The fourth-order valence-corrected chi connectivity index (χ4v) is 6.77. The van der Waals surface area contributed by atoms with Crippen LogP contribution in [0.15, 0.2) is 140 Å². The summed E-state index contributed by atoms with van der Waals surface area (Å²) in [7, 11) is 0. The first-order valence-corrected chi connectivity index (χ1v) is 14.2. The van der Waals surface area contributed by atoms with Crippen LogP contribution in [0.5, 0.6) is 5.75 Å². The highest BCUT2D eigenvalue weighted by atomic mass is 16.5. The Kier molecular flexibility index (Phi) is 4.70. The molecule has 0 amide bonds. The van der Waals surface area contributed by atoms with E-state index in [9.17, 15) is 0 Å². The first kappa shape index (κ1) is 22.5. The van der Waals surface area contributed by atoms with Gasteiger partial charge in [-0.3, -0.25) is 5.32 Å². The number of aliphatic hydroxyl groups is 1. The summed E-state index contributed by atoms with van der Waals surface area (Å²) in [6.45, 7) is 0. The molecule has 0 saturated carbocycles. The molecule has 192 valence electrons. The van der Waals surface area contributed by atoms with E-state index in [-0.39, 0.29) is 6.23 Å². The van der Waals surface area contributed by atoms with E-state index in [1.807, 2.05) is 6.07 Å². The van der Waals surface area contributed by atoms with Crippen molar-refractivity contribution in [1.82, 2.24) is 0 Å². The molecule has 0 aromatic heterocycles. The molecular weight excluding hydrogens is 498 g/mol. The number of aromatic hydroxyl groups is 1. The minimum absolute atomic E-state index is 0.0635. The molecule has 0 aliphatic carbocycles. The van der Waals surface area contributed by atoms with Gasteiger partial charge >= 0.3 is 0 Å². The van der Waals surface area contributed by atoms with E-state index >= 15 is 0 Å². The lowest BCUT2D eigenvalue weighted by Crippen LogP contribution is -2.07. The highest BCUT2D eigenvalue weighted by Crippen LogP contribution is 2.47. The normalized spacial score (nSPS) is 14.5. The van der Waals surface area contributed by atoms with Crippen LogP contribution in [0.4, 0.5) is 5.69 Å². The molecule has 1 heterocycles. The Morgan fingerprint density at radius 1 is 0.463 bits per heavy atom. The van der Waals surface area contributed by atoms with Gasteiger partial charge in [0.25, 0.3) is 12.0 Å². The number of rotatable bonds is 2. The highest BCUT2D eigenvalue weighted by molar-refractivity contribution is 6.23. The van der Waals surface area contributed by atoms with Gasteiger partial charge in [0.05, 0.1) is 10.9 Å². The van der Waals surface area contributed by atoms with Gasteiger partial charge in [0.15, 0.2) is 0 Å². The van der Waals surface area contributed by atoms with Gasteiger partial charge in [-0.25, -0.2) is 0 Å². The summed E-state index contributed by atoms with van der Waals surface area (Å²) in [5, 5.41) is 16.3. The van der Waals surface area contributed by atoms with Crippen LogP contribution >= 0.6 is 0 Å². The van der Waals surface area contributed by atoms with Crippen LogP contribution in [0.2, 0.25) is 0 Å². The maximum Gasteiger partial charge on any atom is 0.289 e. The lowest BCUT2D eigenvalue weighted by Gasteiger charge is -2.14. The third kappa shape index (κ3) is 3.38. The van der Waals surface area contributed by atoms with Gasteiger partial charge < -0.3 is 4.74 Å². The Morgan fingerprint density at radius 2 is 1.15 bits per heavy atom. The second-order valence-corrected chi connectivity index (χ2v) is 11.0. The summed E-state index contributed by atoms with van der Waals surface area (Å²) in [5.74, 6) is 1.05. The van der Waals surface area contributed by atoms with Gasteiger partial charge in [-0.15, -0.1) is 0 Å². The van der Waals surface area contributed by atoms with Crippen LogP contribution in [0, 0.1) is 0 Å². The smallest absolute Gasteiger partial charge is 0.289 e. The van der Waals surface area contributed by atoms with Crippen molar-refractivity contribution in [3.63, 3.8) is 0 Å². The summed E-state index contributed by atoms with van der Waals surface area (Å²) in [6, 6.07) is 50.6. The van der Waals surface area contributed by atoms with Crippen LogP contribution in [0.3, 0.4) is 0 Å². The fourth-order valence-electron chi connectivity index (χ4n) is 6.77. The molecule has 0 saturated heterocycles. The number of fused-ring (bicyclic) bond motifs is 10. The molecule has 0 fully saturated rings. The van der Waals surface area contributed by atoms with Crippen molar-refractivity contribution < 1.29 is 4.74 Å². The van der Waals surface area contributed by atoms with Gasteiger partial charge in [0, 0.05) is 0 Å². The standard InChI is InChI=1S/C39H25NO/c1-2-9-26(10-3-1)39-40-35-21-19-25-15-16-27-22-28(18-20-31(27)37(25)38(35)41-39)34-23-29-17-14-24-8-4-5-11-30(24)36(29)33-13-7-6-12-32(33)34/h1-23,39-40H/p+1. The molecule has 1 unspecified atom stereocenters. The van der Waals surface area contributed by atoms with Gasteiger partial charge in [0.1, 0.15) is 5.69 Å². The summed E-state index contributed by atoms with van der Waals surface area (Å²) in [4.78, 5) is 0. The number of nitrogens with one attached hydrogen (secondary N) is 1. The topological polar surface area (TPSA) is 24.8 Å². The molecule has 0 spiro atoms. The number of ether oxygens (including phenoxy) is 1. The summed E-state index contributed by atoms with van der Waals surface area (Å²) in [5.41, 5.74) is 4.76. The predicted octanol–water partition coefficient (Wildman–Crippen LogP) is 10.5. The quantitative estimate of drug-likeness (QED) is 0.136. The Balaban J connectivity index is 1.24. The third-order valence-electron chi connectivity index (χ3n) is 8.70. The zero-order chi connectivity index (χ0) is 26.9. The number of anilines is 1. The minimum Gasteiger partial charge on any atom is -0.560 e. The third-order valence-corrected chi connectivity index (χ3v) is 8.70. The Hall–Kier alpha value is -5.34. The molecule has 2 nitrogen and oxygen atoms in total. The maximum atomic E-state index is 5.17. The SMILES string of the molecule is c1ccc(C2Nc3ccc4ccc5cc(-c6cc7ccc8ccccc8c7c7ccccc67)ccc5c4c3[OH+]2)cc1. The van der Waals surface area contributed by atoms with Crippen molar-refractivity contribution in [3.05, 3.63) is 145 Å². The lowest BCUT2D eigenvalue weighted by atomic mass is 9.89. The molecule has 9 rings (SSSR count). The van der Waals surface area contributed by atoms with Crippen molar-refractivity contribution >= 4 is 59.5 Å². The number of hydrogen-bond acceptors (Lipinski definition) is 1. The van der Waals surface area contributed by atoms with Crippen molar-refractivity contribution in [2.45, 2.75) is 6.23 Å². The highest BCUT2D eigenvalue weighted by Gasteiger charge is 2.31. The van der Waals surface area contributed by atoms with E-state index in [0.29, 0.717) is 0 Å². The maximum absolute atomic E-state index is 5.17. The van der Waals surface area contributed by atoms with Gasteiger partial charge in [0.2, 0.25) is 0 Å². The van der Waals surface area contributed by atoms with Crippen molar-refractivity contribution in [2.24, 2.45) is 0 Å². The molecule has 1 atom stereocenters. The summed E-state index contributed by atoms with van der Waals surface area (Å²) < 4.78 is 5.17. The van der Waals surface area contributed by atoms with Gasteiger partial charge in [-0.2, -0.15) is 0 Å². The second kappa shape index (κ2) is 8.58. The van der Waals surface area contributed by atoms with Crippen molar-refractivity contribution in [2.75, 3.05) is 5.32 Å². The first-order chi connectivity index (χ1) is 20.3. The lowest BCUT2D eigenvalue weighted by molar-refractivity contribution is 0.0234. The molecule has 2 N–H and O–H groups in total. The molecule has 1 aliphatic rings. The van der Waals surface area contributed by atoms with E-state index in [0.717, 1.165) is 11.4 Å². The Labute approximate surface area is 237 Å². The van der Waals surface area contributed by atoms with E-state index in [1.165, 1.54) is 70.6 Å². The van der Waals surface area contributed by atoms with Crippen LogP contribution in [-0.4, -0.2) is 4.74 Å². The van der Waals surface area contributed by atoms with Gasteiger partial charge in [-0.1, -0.05) is 109 Å². The molecular formula is C39H26NO+. The number of benzene rings is 8. The molecule has 0 bridgehead atoms. The predicted molar refractivity (Wildman–Crippen MR) is 174 cm³/mol. The van der Waals surface area contributed by atoms with E-state index in [4.69, 9.17) is 4.74 Å². The summed E-state index contributed by atoms with van der Waals surface area (Å²) >= 11 is 0. The monoisotopic (exact) mass is 524 g/mol. The molecule has 1 aliphatic heterocycles. The molecule has 8 aromatic carbocycles. The molecule has 41 heavy (non-hydrogen) atoms. The van der Waals surface area contributed by atoms with Crippen LogP contribution in [-0.2, 0) is 0 Å². The van der Waals surface area contributed by atoms with Crippen molar-refractivity contribution in [1.29, 1.82) is 0 Å². The zero-order valence-corrected chi connectivity index (χ0v) is 22.3. The van der Waals surface area contributed by atoms with E-state index in [2.05, 4.69) is 139 Å². The van der Waals surface area contributed by atoms with Crippen molar-refractivity contribution in [3.8, 4) is 16.9 Å². The largest absolute Gasteiger partial charge is 0.560 e. The Morgan fingerprint density at radius 3 is 2.05 bits per heavy atom. The van der Waals surface area contributed by atoms with Crippen LogP contribution in [0.1, 0.15) is 11.8 Å². The van der Waals surface area contributed by atoms with Crippen LogP contribution in [0.25, 0.3) is 65.0 Å². The minimum atomic E-state index is -0.0635. The average molecular weight is 525 g/mol. The summed E-state index contributed by atoms with van der Waals surface area (Å²) in [6.07, 6.45) is -0.0635. The van der Waals surface area contributed by atoms with Gasteiger partial charge in [-0.05, 0) is 89.9 Å². The molecule has 8 aromatic rings. The number of hydrogen-bond donors (Lipinski definition) is 1. The molecule has 0 radical (unpaired) electrons. The zero-order valence-electron chi connectivity index (χ0n) is 22.3. The molecule has 2 heteroatoms. The fraction of sp³-hybridized carbons (Fsp3) is 0.0256. The first-order valence-electron chi connectivity index (χ1n) is 14.2. The van der Waals surface area contributed by atoms with Crippen LogP contribution < -0.4 is 5.32 Å². The van der Waals surface area contributed by atoms with E-state index < -0.39 is 0 Å².